The number of carbonyl (C=O) groups is 2. The Hall–Kier alpha value is -1.40. The van der Waals surface area contributed by atoms with Crippen LogP contribution in [0.25, 0.3) is 0 Å². The molecule has 8 unspecified atom stereocenters. The molecule has 2 N–H and O–H groups in total. The molecule has 4 aliphatic rings. The molecule has 1 saturated heterocycles. The number of rotatable bonds is 2. The average molecular weight is 336 g/mol. The highest BCUT2D eigenvalue weighted by Crippen LogP contribution is 2.62. The summed E-state index contributed by atoms with van der Waals surface area (Å²) in [6, 6.07) is 0. The zero-order valence-corrected chi connectivity index (χ0v) is 14.0. The van der Waals surface area contributed by atoms with E-state index in [2.05, 4.69) is 0 Å². The van der Waals surface area contributed by atoms with Gasteiger partial charge in [-0.3, -0.25) is 4.79 Å². The van der Waals surface area contributed by atoms with Crippen molar-refractivity contribution in [3.05, 3.63) is 11.6 Å². The Bertz CT molecular complexity index is 613. The normalized spacial score (nSPS) is 47.9. The van der Waals surface area contributed by atoms with Gasteiger partial charge in [0.05, 0.1) is 12.0 Å². The van der Waals surface area contributed by atoms with Crippen molar-refractivity contribution in [2.24, 2.45) is 29.1 Å². The summed E-state index contributed by atoms with van der Waals surface area (Å²) >= 11 is 0. The van der Waals surface area contributed by atoms with Crippen molar-refractivity contribution in [1.29, 1.82) is 0 Å². The highest BCUT2D eigenvalue weighted by Gasteiger charge is 2.64. The lowest BCUT2D eigenvalue weighted by Crippen LogP contribution is -2.55. The van der Waals surface area contributed by atoms with Gasteiger partial charge in [-0.25, -0.2) is 4.79 Å². The highest BCUT2D eigenvalue weighted by atomic mass is 16.6. The van der Waals surface area contributed by atoms with Gasteiger partial charge in [0.2, 0.25) is 0 Å². The van der Waals surface area contributed by atoms with Crippen molar-refractivity contribution >= 4 is 11.9 Å². The number of hydrogen-bond acceptors (Lipinski definition) is 6. The SMILES string of the molecule is CC(CO)C1OC(=O)C=C2C1CC1OC(=O)C3CC(O)CC2(C)C13. The van der Waals surface area contributed by atoms with Crippen LogP contribution in [0.5, 0.6) is 0 Å². The van der Waals surface area contributed by atoms with Gasteiger partial charge in [-0.05, 0) is 30.3 Å². The zero-order chi connectivity index (χ0) is 17.2. The van der Waals surface area contributed by atoms with Gasteiger partial charge < -0.3 is 19.7 Å². The van der Waals surface area contributed by atoms with E-state index in [1.54, 1.807) is 6.08 Å². The molecule has 132 valence electrons. The molecule has 3 fully saturated rings. The lowest BCUT2D eigenvalue weighted by molar-refractivity contribution is -0.158. The fraction of sp³-hybridized carbons (Fsp3) is 0.778. The van der Waals surface area contributed by atoms with E-state index in [1.807, 2.05) is 13.8 Å². The molecule has 24 heavy (non-hydrogen) atoms. The van der Waals surface area contributed by atoms with Gasteiger partial charge in [0.1, 0.15) is 12.2 Å². The van der Waals surface area contributed by atoms with E-state index in [-0.39, 0.29) is 42.4 Å². The van der Waals surface area contributed by atoms with Crippen LogP contribution in [0.2, 0.25) is 0 Å². The third-order valence-corrected chi connectivity index (χ3v) is 6.64. The van der Waals surface area contributed by atoms with Crippen LogP contribution >= 0.6 is 0 Å². The molecule has 4 rings (SSSR count). The van der Waals surface area contributed by atoms with Crippen LogP contribution in [0, 0.1) is 29.1 Å². The largest absolute Gasteiger partial charge is 0.462 e. The van der Waals surface area contributed by atoms with E-state index in [9.17, 15) is 19.8 Å². The Labute approximate surface area is 140 Å². The second-order valence-corrected chi connectivity index (χ2v) is 8.12. The second kappa shape index (κ2) is 5.30. The van der Waals surface area contributed by atoms with Gasteiger partial charge in [-0.2, -0.15) is 0 Å². The molecule has 2 saturated carbocycles. The van der Waals surface area contributed by atoms with Crippen LogP contribution in [0.15, 0.2) is 11.6 Å². The second-order valence-electron chi connectivity index (χ2n) is 8.12. The van der Waals surface area contributed by atoms with Crippen LogP contribution in [-0.2, 0) is 19.1 Å². The molecule has 0 amide bonds. The summed E-state index contributed by atoms with van der Waals surface area (Å²) in [5.74, 6) is -1.18. The lowest BCUT2D eigenvalue weighted by Gasteiger charge is -2.54. The van der Waals surface area contributed by atoms with Crippen LogP contribution in [-0.4, -0.2) is 47.1 Å². The summed E-state index contributed by atoms with van der Waals surface area (Å²) in [4.78, 5) is 24.4. The number of carbonyl (C=O) groups excluding carboxylic acids is 2. The molecular weight excluding hydrogens is 312 g/mol. The van der Waals surface area contributed by atoms with Crippen molar-refractivity contribution < 1.29 is 29.3 Å². The summed E-state index contributed by atoms with van der Waals surface area (Å²) in [5.41, 5.74) is 0.516. The minimum Gasteiger partial charge on any atom is -0.462 e. The van der Waals surface area contributed by atoms with E-state index >= 15 is 0 Å². The molecule has 8 atom stereocenters. The van der Waals surface area contributed by atoms with E-state index in [4.69, 9.17) is 9.47 Å². The fourth-order valence-electron chi connectivity index (χ4n) is 5.70. The number of esters is 2. The first-order valence-electron chi connectivity index (χ1n) is 8.77. The summed E-state index contributed by atoms with van der Waals surface area (Å²) in [6.45, 7) is 3.82. The molecule has 0 radical (unpaired) electrons. The first kappa shape index (κ1) is 16.1. The minimum absolute atomic E-state index is 0.00637. The molecule has 6 heteroatoms. The lowest BCUT2D eigenvalue weighted by atomic mass is 9.50. The molecule has 0 bridgehead atoms. The molecular formula is C18H24O6. The maximum atomic E-state index is 12.3. The maximum absolute atomic E-state index is 12.3. The molecule has 2 heterocycles. The maximum Gasteiger partial charge on any atom is 0.331 e. The van der Waals surface area contributed by atoms with Crippen molar-refractivity contribution in [3.8, 4) is 0 Å². The van der Waals surface area contributed by atoms with Gasteiger partial charge in [0.25, 0.3) is 0 Å². The fourth-order valence-corrected chi connectivity index (χ4v) is 5.70. The number of hydrogen-bond donors (Lipinski definition) is 2. The average Bonchev–Trinajstić information content (AvgIpc) is 2.83. The Morgan fingerprint density at radius 2 is 2.04 bits per heavy atom. The van der Waals surface area contributed by atoms with Gasteiger partial charge in [0, 0.05) is 30.4 Å². The van der Waals surface area contributed by atoms with E-state index in [1.165, 1.54) is 0 Å². The molecule has 0 aromatic carbocycles. The zero-order valence-electron chi connectivity index (χ0n) is 14.0. The summed E-state index contributed by atoms with van der Waals surface area (Å²) in [5, 5.41) is 19.9. The highest BCUT2D eigenvalue weighted by molar-refractivity contribution is 5.85. The molecule has 0 aromatic rings. The molecule has 0 spiro atoms. The molecule has 2 aliphatic heterocycles. The first-order chi connectivity index (χ1) is 11.3. The van der Waals surface area contributed by atoms with Gasteiger partial charge in [-0.15, -0.1) is 0 Å². The van der Waals surface area contributed by atoms with Crippen molar-refractivity contribution in [1.82, 2.24) is 0 Å². The number of fused-ring (bicyclic) bond motifs is 2. The first-order valence-corrected chi connectivity index (χ1v) is 8.77. The van der Waals surface area contributed by atoms with Crippen LogP contribution < -0.4 is 0 Å². The van der Waals surface area contributed by atoms with Crippen molar-refractivity contribution in [3.63, 3.8) is 0 Å². The Morgan fingerprint density at radius 3 is 2.75 bits per heavy atom. The number of aliphatic hydroxyl groups is 2. The number of cyclic esters (lactones) is 1. The van der Waals surface area contributed by atoms with E-state index in [0.717, 1.165) is 5.57 Å². The van der Waals surface area contributed by atoms with Crippen LogP contribution in [0.4, 0.5) is 0 Å². The van der Waals surface area contributed by atoms with Crippen molar-refractivity contribution in [2.75, 3.05) is 6.61 Å². The standard InChI is InChI=1S/C18H24O6/c1-8(7-19)16-10-4-13-15-11(17(22)23-13)3-9(20)6-18(15,2)12(10)5-14(21)24-16/h5,8-11,13,15-16,19-20H,3-4,6-7H2,1-2H3. The smallest absolute Gasteiger partial charge is 0.331 e. The summed E-state index contributed by atoms with van der Waals surface area (Å²) < 4.78 is 11.2. The topological polar surface area (TPSA) is 93.1 Å². The predicted molar refractivity (Wildman–Crippen MR) is 82.5 cm³/mol. The molecule has 2 aliphatic carbocycles. The summed E-state index contributed by atoms with van der Waals surface area (Å²) in [6.07, 6.45) is 1.94. The predicted octanol–water partition coefficient (Wildman–Crippen LogP) is 0.805. The Morgan fingerprint density at radius 1 is 1.29 bits per heavy atom. The van der Waals surface area contributed by atoms with E-state index in [0.29, 0.717) is 19.3 Å². The molecule has 6 nitrogen and oxygen atoms in total. The van der Waals surface area contributed by atoms with Gasteiger partial charge in [-0.1, -0.05) is 13.8 Å². The van der Waals surface area contributed by atoms with Crippen LogP contribution in [0.3, 0.4) is 0 Å². The number of aliphatic hydroxyl groups excluding tert-OH is 2. The minimum atomic E-state index is -0.575. The van der Waals surface area contributed by atoms with Crippen LogP contribution in [0.1, 0.15) is 33.1 Å². The van der Waals surface area contributed by atoms with Crippen molar-refractivity contribution in [2.45, 2.75) is 51.4 Å². The van der Waals surface area contributed by atoms with Gasteiger partial charge in [0.15, 0.2) is 0 Å². The third kappa shape index (κ3) is 2.09. The third-order valence-electron chi connectivity index (χ3n) is 6.64. The van der Waals surface area contributed by atoms with Gasteiger partial charge >= 0.3 is 11.9 Å². The monoisotopic (exact) mass is 336 g/mol. The number of ether oxygens (including phenoxy) is 2. The quantitative estimate of drug-likeness (QED) is 0.725. The Kier molecular flexibility index (Phi) is 3.55. The van der Waals surface area contributed by atoms with E-state index < -0.39 is 23.6 Å². The summed E-state index contributed by atoms with van der Waals surface area (Å²) in [7, 11) is 0. The Balaban J connectivity index is 1.80. The molecule has 0 aromatic heterocycles.